The molecule has 3 N–H and O–H groups in total. The summed E-state index contributed by atoms with van der Waals surface area (Å²) in [6.07, 6.45) is 1.45. The molecule has 0 fully saturated rings. The van der Waals surface area contributed by atoms with E-state index in [4.69, 9.17) is 4.74 Å². The maximum Gasteiger partial charge on any atom is 0.338 e. The van der Waals surface area contributed by atoms with E-state index in [1.807, 2.05) is 35.8 Å². The summed E-state index contributed by atoms with van der Waals surface area (Å²) in [5, 5.41) is 0.796. The number of quaternary nitrogens is 1. The van der Waals surface area contributed by atoms with Crippen LogP contribution in [0.25, 0.3) is 22.0 Å². The molecule has 0 unspecified atom stereocenters. The van der Waals surface area contributed by atoms with Gasteiger partial charge in [0.05, 0.1) is 25.3 Å². The number of rotatable bonds is 7. The molecule has 0 spiro atoms. The first-order valence-electron chi connectivity index (χ1n) is 10.5. The van der Waals surface area contributed by atoms with E-state index in [0.717, 1.165) is 27.7 Å². The molecule has 2 aromatic carbocycles. The van der Waals surface area contributed by atoms with Gasteiger partial charge in [-0.2, -0.15) is 0 Å². The molecule has 0 aliphatic heterocycles. The van der Waals surface area contributed by atoms with Crippen molar-refractivity contribution in [2.24, 2.45) is 0 Å². The standard InChI is InChI=1S/C25H28FN3O3/c1-5-32-25(31)19-9-10-22-21(14-19)23(16(2)29(22)15-20(26)11-12-27)17-7-6-8-18(13-17)24(30)28(3)4/h6-11,13-14H,5,12,15,27H2,1-4H3/p+1/b20-11-. The molecule has 0 atom stereocenters. The molecule has 1 heterocycles. The SMILES string of the molecule is CCOC(=O)c1ccc2c(c1)c(-c1cccc(C(=O)N(C)C)c1)c(C)n2C/C(F)=C/C[NH3+]. The lowest BCUT2D eigenvalue weighted by Gasteiger charge is -2.12. The summed E-state index contributed by atoms with van der Waals surface area (Å²) in [5.74, 6) is -0.798. The Hall–Kier alpha value is -3.45. The van der Waals surface area contributed by atoms with Gasteiger partial charge in [0, 0.05) is 47.9 Å². The third kappa shape index (κ3) is 4.57. The number of amides is 1. The first kappa shape index (κ1) is 23.2. The highest BCUT2D eigenvalue weighted by atomic mass is 19.1. The van der Waals surface area contributed by atoms with Gasteiger partial charge >= 0.3 is 5.97 Å². The lowest BCUT2D eigenvalue weighted by atomic mass is 9.99. The Morgan fingerprint density at radius 2 is 1.91 bits per heavy atom. The molecule has 0 aliphatic carbocycles. The first-order valence-corrected chi connectivity index (χ1v) is 10.5. The van der Waals surface area contributed by atoms with Crippen molar-refractivity contribution in [2.75, 3.05) is 27.2 Å². The van der Waals surface area contributed by atoms with Gasteiger partial charge in [0.25, 0.3) is 5.91 Å². The van der Waals surface area contributed by atoms with Gasteiger partial charge in [-0.1, -0.05) is 12.1 Å². The maximum atomic E-state index is 14.5. The Kier molecular flexibility index (Phi) is 7.10. The van der Waals surface area contributed by atoms with E-state index in [1.165, 1.54) is 11.0 Å². The van der Waals surface area contributed by atoms with Gasteiger partial charge in [0.15, 0.2) is 0 Å². The van der Waals surface area contributed by atoms with Gasteiger partial charge in [0.2, 0.25) is 0 Å². The van der Waals surface area contributed by atoms with E-state index >= 15 is 0 Å². The van der Waals surface area contributed by atoms with Crippen molar-refractivity contribution >= 4 is 22.8 Å². The number of ether oxygens (including phenoxy) is 1. The topological polar surface area (TPSA) is 79.2 Å². The summed E-state index contributed by atoms with van der Waals surface area (Å²) in [4.78, 5) is 26.4. The van der Waals surface area contributed by atoms with Crippen molar-refractivity contribution in [1.29, 1.82) is 0 Å². The second-order valence-corrected chi connectivity index (χ2v) is 7.72. The molecule has 0 radical (unpaired) electrons. The zero-order valence-electron chi connectivity index (χ0n) is 18.9. The number of nitrogens with zero attached hydrogens (tertiary/aromatic N) is 2. The Morgan fingerprint density at radius 1 is 1.16 bits per heavy atom. The van der Waals surface area contributed by atoms with Crippen LogP contribution >= 0.6 is 0 Å². The van der Waals surface area contributed by atoms with Crippen LogP contribution in [0.1, 0.15) is 33.3 Å². The number of esters is 1. The Morgan fingerprint density at radius 3 is 2.56 bits per heavy atom. The van der Waals surface area contributed by atoms with Crippen molar-refractivity contribution in [2.45, 2.75) is 20.4 Å². The van der Waals surface area contributed by atoms with Crippen molar-refractivity contribution in [3.63, 3.8) is 0 Å². The number of carbonyl (C=O) groups excluding carboxylic acids is 2. The Bertz CT molecular complexity index is 1190. The van der Waals surface area contributed by atoms with E-state index in [9.17, 15) is 14.0 Å². The minimum Gasteiger partial charge on any atom is -0.462 e. The molecule has 0 saturated heterocycles. The van der Waals surface area contributed by atoms with E-state index < -0.39 is 5.97 Å². The van der Waals surface area contributed by atoms with E-state index in [-0.39, 0.29) is 24.9 Å². The van der Waals surface area contributed by atoms with Crippen LogP contribution in [-0.2, 0) is 11.3 Å². The average molecular weight is 439 g/mol. The molecule has 0 aliphatic rings. The van der Waals surface area contributed by atoms with Crippen LogP contribution in [0.5, 0.6) is 0 Å². The fourth-order valence-corrected chi connectivity index (χ4v) is 3.83. The van der Waals surface area contributed by atoms with Gasteiger partial charge < -0.3 is 19.9 Å². The number of carbonyl (C=O) groups is 2. The van der Waals surface area contributed by atoms with Crippen molar-refractivity contribution in [1.82, 2.24) is 9.47 Å². The lowest BCUT2D eigenvalue weighted by Crippen LogP contribution is -2.49. The predicted octanol–water partition coefficient (Wildman–Crippen LogP) is 3.59. The largest absolute Gasteiger partial charge is 0.462 e. The second kappa shape index (κ2) is 9.78. The molecule has 168 valence electrons. The predicted molar refractivity (Wildman–Crippen MR) is 123 cm³/mol. The van der Waals surface area contributed by atoms with Gasteiger partial charge in [-0.15, -0.1) is 0 Å². The first-order chi connectivity index (χ1) is 15.3. The number of aromatic nitrogens is 1. The molecule has 7 heteroatoms. The molecular formula is C25H29FN3O3+. The molecule has 0 bridgehead atoms. The van der Waals surface area contributed by atoms with Gasteiger partial charge in [-0.05, 0) is 49.7 Å². The van der Waals surface area contributed by atoms with Crippen LogP contribution in [0, 0.1) is 6.92 Å². The smallest absolute Gasteiger partial charge is 0.338 e. The van der Waals surface area contributed by atoms with Crippen molar-refractivity contribution < 1.29 is 24.5 Å². The molecule has 32 heavy (non-hydrogen) atoms. The average Bonchev–Trinajstić information content (AvgIpc) is 3.04. The summed E-state index contributed by atoms with van der Waals surface area (Å²) in [5.41, 5.74) is 7.96. The minimum atomic E-state index is -0.412. The number of halogens is 1. The third-order valence-corrected chi connectivity index (χ3v) is 5.31. The monoisotopic (exact) mass is 438 g/mol. The third-order valence-electron chi connectivity index (χ3n) is 5.31. The fraction of sp³-hybridized carbons (Fsp3) is 0.280. The van der Waals surface area contributed by atoms with Gasteiger partial charge in [-0.25, -0.2) is 9.18 Å². The fourth-order valence-electron chi connectivity index (χ4n) is 3.83. The summed E-state index contributed by atoms with van der Waals surface area (Å²) in [6.45, 7) is 4.37. The quantitative estimate of drug-likeness (QED) is 0.573. The molecule has 6 nitrogen and oxygen atoms in total. The minimum absolute atomic E-state index is 0.0624. The van der Waals surface area contributed by atoms with Crippen LogP contribution in [0.2, 0.25) is 0 Å². The number of fused-ring (bicyclic) bond motifs is 1. The summed E-state index contributed by atoms with van der Waals surface area (Å²) in [6, 6.07) is 12.6. The van der Waals surface area contributed by atoms with Crippen molar-refractivity contribution in [3.8, 4) is 11.1 Å². The molecule has 3 rings (SSSR count). The zero-order valence-corrected chi connectivity index (χ0v) is 18.9. The highest BCUT2D eigenvalue weighted by Crippen LogP contribution is 2.36. The number of hydrogen-bond donors (Lipinski definition) is 1. The highest BCUT2D eigenvalue weighted by Gasteiger charge is 2.20. The molecule has 3 aromatic rings. The summed E-state index contributed by atoms with van der Waals surface area (Å²) >= 11 is 0. The number of hydrogen-bond acceptors (Lipinski definition) is 3. The number of benzene rings is 2. The summed E-state index contributed by atoms with van der Waals surface area (Å²) in [7, 11) is 3.41. The Labute approximate surface area is 187 Å². The van der Waals surface area contributed by atoms with Crippen LogP contribution in [-0.4, -0.2) is 48.6 Å². The van der Waals surface area contributed by atoms with Crippen LogP contribution < -0.4 is 5.73 Å². The Balaban J connectivity index is 2.26. The van der Waals surface area contributed by atoms with Crippen LogP contribution in [0.4, 0.5) is 4.39 Å². The van der Waals surface area contributed by atoms with Crippen LogP contribution in [0.3, 0.4) is 0 Å². The zero-order chi connectivity index (χ0) is 23.4. The normalized spacial score (nSPS) is 11.6. The van der Waals surface area contributed by atoms with Crippen molar-refractivity contribution in [3.05, 3.63) is 71.2 Å². The van der Waals surface area contributed by atoms with Gasteiger partial charge in [0.1, 0.15) is 5.83 Å². The van der Waals surface area contributed by atoms with Crippen LogP contribution in [0.15, 0.2) is 54.4 Å². The summed E-state index contributed by atoms with van der Waals surface area (Å²) < 4.78 is 21.5. The molecule has 1 aromatic heterocycles. The lowest BCUT2D eigenvalue weighted by molar-refractivity contribution is -0.353. The van der Waals surface area contributed by atoms with E-state index in [2.05, 4.69) is 5.73 Å². The maximum absolute atomic E-state index is 14.5. The van der Waals surface area contributed by atoms with E-state index in [1.54, 1.807) is 39.2 Å². The second-order valence-electron chi connectivity index (χ2n) is 7.72. The molecular weight excluding hydrogens is 409 g/mol. The number of allylic oxidation sites excluding steroid dienone is 1. The molecule has 0 saturated carbocycles. The molecule has 1 amide bonds. The highest BCUT2D eigenvalue weighted by molar-refractivity contribution is 6.03. The van der Waals surface area contributed by atoms with E-state index in [0.29, 0.717) is 17.7 Å². The van der Waals surface area contributed by atoms with Gasteiger partial charge in [-0.3, -0.25) is 4.79 Å².